The Morgan fingerprint density at radius 3 is 2.25 bits per heavy atom. The largest absolute Gasteiger partial charge is 0.326 e. The van der Waals surface area contributed by atoms with Crippen LogP contribution in [0, 0.1) is 0 Å². The monoisotopic (exact) mass is 277 g/mol. The van der Waals surface area contributed by atoms with E-state index in [1.54, 1.807) is 24.3 Å². The van der Waals surface area contributed by atoms with E-state index in [1.165, 1.54) is 6.92 Å². The number of carbonyl (C=O) groups is 2. The molecule has 0 radical (unpaired) electrons. The van der Waals surface area contributed by atoms with Gasteiger partial charge in [-0.25, -0.2) is 0 Å². The molecule has 20 heavy (non-hydrogen) atoms. The highest BCUT2D eigenvalue weighted by atomic mass is 16.2. The van der Waals surface area contributed by atoms with Gasteiger partial charge in [0.2, 0.25) is 11.8 Å². The van der Waals surface area contributed by atoms with Crippen molar-refractivity contribution in [1.82, 2.24) is 5.32 Å². The summed E-state index contributed by atoms with van der Waals surface area (Å²) in [6, 6.07) is 7.09. The molecule has 0 fully saturated rings. The first-order chi connectivity index (χ1) is 9.26. The number of anilines is 2. The second-order valence-corrected chi connectivity index (χ2v) is 5.74. The van der Waals surface area contributed by atoms with Crippen LogP contribution in [0.25, 0.3) is 0 Å². The van der Waals surface area contributed by atoms with Gasteiger partial charge in [0.05, 0.1) is 0 Å². The van der Waals surface area contributed by atoms with E-state index in [9.17, 15) is 9.59 Å². The van der Waals surface area contributed by atoms with E-state index in [2.05, 4.69) is 36.7 Å². The van der Waals surface area contributed by atoms with Crippen molar-refractivity contribution in [2.24, 2.45) is 0 Å². The molecule has 0 saturated carbocycles. The third-order valence-electron chi connectivity index (χ3n) is 2.47. The molecule has 0 atom stereocenters. The maximum atomic E-state index is 11.8. The van der Waals surface area contributed by atoms with Crippen molar-refractivity contribution in [2.75, 3.05) is 17.2 Å². The molecule has 0 heterocycles. The molecule has 1 aromatic carbocycles. The fourth-order valence-corrected chi connectivity index (χ4v) is 1.65. The lowest BCUT2D eigenvalue weighted by Crippen LogP contribution is -2.37. The SMILES string of the molecule is CC(=O)Nc1cccc(NC(=O)CCNC(C)(C)C)c1. The lowest BCUT2D eigenvalue weighted by Gasteiger charge is -2.20. The maximum absolute atomic E-state index is 11.8. The van der Waals surface area contributed by atoms with Crippen molar-refractivity contribution in [3.63, 3.8) is 0 Å². The highest BCUT2D eigenvalue weighted by molar-refractivity contribution is 5.93. The van der Waals surface area contributed by atoms with E-state index < -0.39 is 0 Å². The van der Waals surface area contributed by atoms with Gasteiger partial charge < -0.3 is 16.0 Å². The second-order valence-electron chi connectivity index (χ2n) is 5.74. The van der Waals surface area contributed by atoms with Gasteiger partial charge in [0.15, 0.2) is 0 Å². The number of benzene rings is 1. The Kier molecular flexibility index (Phi) is 5.70. The topological polar surface area (TPSA) is 70.2 Å². The first-order valence-electron chi connectivity index (χ1n) is 6.69. The van der Waals surface area contributed by atoms with Crippen molar-refractivity contribution in [1.29, 1.82) is 0 Å². The first-order valence-corrected chi connectivity index (χ1v) is 6.69. The molecule has 5 heteroatoms. The van der Waals surface area contributed by atoms with Crippen molar-refractivity contribution >= 4 is 23.2 Å². The number of hydrogen-bond acceptors (Lipinski definition) is 3. The van der Waals surface area contributed by atoms with Gasteiger partial charge in [-0.2, -0.15) is 0 Å². The maximum Gasteiger partial charge on any atom is 0.225 e. The van der Waals surface area contributed by atoms with E-state index in [0.29, 0.717) is 24.3 Å². The zero-order valence-corrected chi connectivity index (χ0v) is 12.5. The van der Waals surface area contributed by atoms with Gasteiger partial charge in [-0.1, -0.05) is 6.07 Å². The smallest absolute Gasteiger partial charge is 0.225 e. The number of amides is 2. The minimum absolute atomic E-state index is 0.00556. The van der Waals surface area contributed by atoms with Gasteiger partial charge >= 0.3 is 0 Å². The second kappa shape index (κ2) is 7.05. The van der Waals surface area contributed by atoms with Crippen molar-refractivity contribution in [3.05, 3.63) is 24.3 Å². The summed E-state index contributed by atoms with van der Waals surface area (Å²) in [5.41, 5.74) is 1.35. The Balaban J connectivity index is 2.47. The number of rotatable bonds is 5. The molecular formula is C15H23N3O2. The molecule has 3 N–H and O–H groups in total. The van der Waals surface area contributed by atoms with Crippen LogP contribution < -0.4 is 16.0 Å². The molecule has 0 aliphatic carbocycles. The number of carbonyl (C=O) groups excluding carboxylic acids is 2. The molecule has 5 nitrogen and oxygen atoms in total. The van der Waals surface area contributed by atoms with Crippen LogP contribution in [0.15, 0.2) is 24.3 Å². The number of nitrogens with one attached hydrogen (secondary N) is 3. The van der Waals surface area contributed by atoms with Crippen LogP contribution in [0.4, 0.5) is 11.4 Å². The molecule has 110 valence electrons. The summed E-state index contributed by atoms with van der Waals surface area (Å²) in [7, 11) is 0. The number of hydrogen-bond donors (Lipinski definition) is 3. The summed E-state index contributed by atoms with van der Waals surface area (Å²) in [5.74, 6) is -0.190. The average molecular weight is 277 g/mol. The third-order valence-corrected chi connectivity index (χ3v) is 2.47. The molecule has 0 unspecified atom stereocenters. The summed E-state index contributed by atoms with van der Waals surface area (Å²) in [6.45, 7) is 8.25. The Morgan fingerprint density at radius 1 is 1.10 bits per heavy atom. The summed E-state index contributed by atoms with van der Waals surface area (Å²) in [6.07, 6.45) is 0.404. The van der Waals surface area contributed by atoms with Crippen LogP contribution in [-0.4, -0.2) is 23.9 Å². The predicted molar refractivity (Wildman–Crippen MR) is 81.7 cm³/mol. The van der Waals surface area contributed by atoms with Gasteiger partial charge in [-0.15, -0.1) is 0 Å². The fraction of sp³-hybridized carbons (Fsp3) is 0.467. The molecule has 0 aromatic heterocycles. The zero-order valence-electron chi connectivity index (χ0n) is 12.5. The van der Waals surface area contributed by atoms with Gasteiger partial charge in [-0.3, -0.25) is 9.59 Å². The van der Waals surface area contributed by atoms with E-state index in [-0.39, 0.29) is 17.4 Å². The van der Waals surface area contributed by atoms with E-state index in [4.69, 9.17) is 0 Å². The quantitative estimate of drug-likeness (QED) is 0.774. The Hall–Kier alpha value is -1.88. The molecular weight excluding hydrogens is 254 g/mol. The van der Waals surface area contributed by atoms with Gasteiger partial charge in [0, 0.05) is 36.8 Å². The fourth-order valence-electron chi connectivity index (χ4n) is 1.65. The summed E-state index contributed by atoms with van der Waals surface area (Å²) in [4.78, 5) is 22.8. The molecule has 0 spiro atoms. The normalized spacial score (nSPS) is 11.0. The molecule has 0 bridgehead atoms. The Morgan fingerprint density at radius 2 is 1.70 bits per heavy atom. The first kappa shape index (κ1) is 16.2. The molecule has 0 saturated heterocycles. The predicted octanol–water partition coefficient (Wildman–Crippen LogP) is 2.36. The minimum atomic E-state index is -0.136. The van der Waals surface area contributed by atoms with Crippen molar-refractivity contribution < 1.29 is 9.59 Å². The summed E-state index contributed by atoms with van der Waals surface area (Å²) < 4.78 is 0. The summed E-state index contributed by atoms with van der Waals surface area (Å²) >= 11 is 0. The van der Waals surface area contributed by atoms with Gasteiger partial charge in [-0.05, 0) is 39.0 Å². The minimum Gasteiger partial charge on any atom is -0.326 e. The summed E-state index contributed by atoms with van der Waals surface area (Å²) in [5, 5.41) is 8.75. The highest BCUT2D eigenvalue weighted by Crippen LogP contribution is 2.15. The lowest BCUT2D eigenvalue weighted by molar-refractivity contribution is -0.116. The Bertz CT molecular complexity index is 478. The van der Waals surface area contributed by atoms with E-state index in [0.717, 1.165) is 0 Å². The molecule has 1 aromatic rings. The van der Waals surface area contributed by atoms with Crippen LogP contribution in [0.2, 0.25) is 0 Å². The average Bonchev–Trinajstić information content (AvgIpc) is 2.26. The molecule has 2 amide bonds. The van der Waals surface area contributed by atoms with Gasteiger partial charge in [0.1, 0.15) is 0 Å². The zero-order chi connectivity index (χ0) is 15.2. The Labute approximate surface area is 120 Å². The van der Waals surface area contributed by atoms with Crippen molar-refractivity contribution in [2.45, 2.75) is 39.7 Å². The van der Waals surface area contributed by atoms with Crippen LogP contribution in [0.5, 0.6) is 0 Å². The molecule has 0 aliphatic rings. The van der Waals surface area contributed by atoms with Crippen LogP contribution in [-0.2, 0) is 9.59 Å². The van der Waals surface area contributed by atoms with Crippen molar-refractivity contribution in [3.8, 4) is 0 Å². The van der Waals surface area contributed by atoms with Crippen LogP contribution >= 0.6 is 0 Å². The van der Waals surface area contributed by atoms with Gasteiger partial charge in [0.25, 0.3) is 0 Å². The standard InChI is InChI=1S/C15H23N3O2/c1-11(19)17-12-6-5-7-13(10-12)18-14(20)8-9-16-15(2,3)4/h5-7,10,16H,8-9H2,1-4H3,(H,17,19)(H,18,20). The highest BCUT2D eigenvalue weighted by Gasteiger charge is 2.09. The van der Waals surface area contributed by atoms with E-state index >= 15 is 0 Å². The molecule has 0 aliphatic heterocycles. The van der Waals surface area contributed by atoms with Crippen LogP contribution in [0.3, 0.4) is 0 Å². The molecule has 1 rings (SSSR count). The van der Waals surface area contributed by atoms with Crippen LogP contribution in [0.1, 0.15) is 34.1 Å². The third kappa shape index (κ3) is 6.89. The lowest BCUT2D eigenvalue weighted by atomic mass is 10.1. The van der Waals surface area contributed by atoms with E-state index in [1.807, 2.05) is 0 Å².